The van der Waals surface area contributed by atoms with E-state index in [4.69, 9.17) is 0 Å². The van der Waals surface area contributed by atoms with Crippen LogP contribution in [0.4, 0.5) is 0 Å². The number of carbonyl (C=O) groups is 1. The highest BCUT2D eigenvalue weighted by molar-refractivity contribution is 5.86. The molecule has 2 N–H and O–H groups in total. The summed E-state index contributed by atoms with van der Waals surface area (Å²) < 4.78 is 0. The van der Waals surface area contributed by atoms with Gasteiger partial charge in [0.05, 0.1) is 0 Å². The summed E-state index contributed by atoms with van der Waals surface area (Å²) in [6.07, 6.45) is 0. The molecule has 0 aromatic heterocycles. The van der Waals surface area contributed by atoms with Gasteiger partial charge in [-0.2, -0.15) is 0 Å². The van der Waals surface area contributed by atoms with E-state index in [0.29, 0.717) is 6.54 Å². The largest absolute Gasteiger partial charge is 0.352 e. The molecule has 0 saturated heterocycles. The summed E-state index contributed by atoms with van der Waals surface area (Å²) in [4.78, 5) is 12.0. The molecular formula is C17H22N2O. The zero-order valence-corrected chi connectivity index (χ0v) is 12.1. The Hall–Kier alpha value is -1.87. The molecule has 0 bridgehead atoms. The van der Waals surface area contributed by atoms with Crippen molar-refractivity contribution in [2.75, 3.05) is 13.1 Å². The molecule has 1 unspecified atom stereocenters. The molecule has 20 heavy (non-hydrogen) atoms. The summed E-state index contributed by atoms with van der Waals surface area (Å²) in [5, 5.41) is 8.63. The number of amides is 1. The van der Waals surface area contributed by atoms with Crippen molar-refractivity contribution in [1.82, 2.24) is 10.6 Å². The molecule has 0 spiro atoms. The van der Waals surface area contributed by atoms with E-state index in [-0.39, 0.29) is 11.8 Å². The lowest BCUT2D eigenvalue weighted by atomic mass is 10.0. The SMILES string of the molecule is CCNCC(C)C(=O)NCc1cccc2ccccc12. The van der Waals surface area contributed by atoms with Gasteiger partial charge in [-0.25, -0.2) is 0 Å². The molecule has 2 rings (SSSR count). The maximum Gasteiger partial charge on any atom is 0.224 e. The van der Waals surface area contributed by atoms with Gasteiger partial charge in [-0.1, -0.05) is 56.3 Å². The quantitative estimate of drug-likeness (QED) is 0.847. The van der Waals surface area contributed by atoms with Crippen LogP contribution in [0.2, 0.25) is 0 Å². The van der Waals surface area contributed by atoms with E-state index in [1.807, 2.05) is 32.0 Å². The minimum absolute atomic E-state index is 0.00933. The van der Waals surface area contributed by atoms with Crippen LogP contribution < -0.4 is 10.6 Å². The number of rotatable bonds is 6. The Kier molecular flexibility index (Phi) is 5.13. The van der Waals surface area contributed by atoms with Gasteiger partial charge in [0.15, 0.2) is 0 Å². The second-order valence-corrected chi connectivity index (χ2v) is 5.06. The van der Waals surface area contributed by atoms with Crippen molar-refractivity contribution in [2.24, 2.45) is 5.92 Å². The summed E-state index contributed by atoms with van der Waals surface area (Å²) in [5.41, 5.74) is 1.16. The summed E-state index contributed by atoms with van der Waals surface area (Å²) in [6, 6.07) is 14.4. The first-order valence-electron chi connectivity index (χ1n) is 7.17. The van der Waals surface area contributed by atoms with Gasteiger partial charge in [0.25, 0.3) is 0 Å². The lowest BCUT2D eigenvalue weighted by Gasteiger charge is -2.13. The summed E-state index contributed by atoms with van der Waals surface area (Å²) >= 11 is 0. The van der Waals surface area contributed by atoms with Crippen molar-refractivity contribution in [3.63, 3.8) is 0 Å². The van der Waals surface area contributed by atoms with E-state index in [1.165, 1.54) is 10.8 Å². The van der Waals surface area contributed by atoms with Crippen molar-refractivity contribution in [2.45, 2.75) is 20.4 Å². The molecule has 0 aliphatic heterocycles. The van der Waals surface area contributed by atoms with Crippen LogP contribution in [0, 0.1) is 5.92 Å². The van der Waals surface area contributed by atoms with Crippen LogP contribution in [0.5, 0.6) is 0 Å². The molecule has 1 amide bonds. The number of hydrogen-bond donors (Lipinski definition) is 2. The van der Waals surface area contributed by atoms with Crippen molar-refractivity contribution >= 4 is 16.7 Å². The summed E-state index contributed by atoms with van der Waals surface area (Å²) in [7, 11) is 0. The zero-order valence-electron chi connectivity index (χ0n) is 12.1. The zero-order chi connectivity index (χ0) is 14.4. The third-order valence-electron chi connectivity index (χ3n) is 3.48. The van der Waals surface area contributed by atoms with Gasteiger partial charge < -0.3 is 10.6 Å². The fourth-order valence-corrected chi connectivity index (χ4v) is 2.26. The first-order chi connectivity index (χ1) is 9.72. The van der Waals surface area contributed by atoms with Gasteiger partial charge in [0.1, 0.15) is 0 Å². The predicted molar refractivity (Wildman–Crippen MR) is 83.5 cm³/mol. The Bertz CT molecular complexity index is 575. The average molecular weight is 270 g/mol. The van der Waals surface area contributed by atoms with Gasteiger partial charge in [-0.05, 0) is 22.9 Å². The number of carbonyl (C=O) groups excluding carboxylic acids is 1. The van der Waals surface area contributed by atoms with Gasteiger partial charge in [0, 0.05) is 19.0 Å². The minimum Gasteiger partial charge on any atom is -0.352 e. The Morgan fingerprint density at radius 2 is 1.90 bits per heavy atom. The van der Waals surface area contributed by atoms with Crippen molar-refractivity contribution in [1.29, 1.82) is 0 Å². The number of benzene rings is 2. The van der Waals surface area contributed by atoms with Gasteiger partial charge >= 0.3 is 0 Å². The molecule has 2 aromatic rings. The third kappa shape index (κ3) is 3.58. The fraction of sp³-hybridized carbons (Fsp3) is 0.353. The molecule has 0 heterocycles. The number of hydrogen-bond acceptors (Lipinski definition) is 2. The van der Waals surface area contributed by atoms with E-state index in [0.717, 1.165) is 18.7 Å². The molecular weight excluding hydrogens is 248 g/mol. The highest BCUT2D eigenvalue weighted by atomic mass is 16.1. The van der Waals surface area contributed by atoms with Crippen LogP contribution in [0.15, 0.2) is 42.5 Å². The topological polar surface area (TPSA) is 41.1 Å². The average Bonchev–Trinajstić information content (AvgIpc) is 2.50. The molecule has 3 heteroatoms. The highest BCUT2D eigenvalue weighted by Gasteiger charge is 2.11. The van der Waals surface area contributed by atoms with Gasteiger partial charge in [-0.15, -0.1) is 0 Å². The summed E-state index contributed by atoms with van der Waals surface area (Å²) in [6.45, 7) is 6.18. The molecule has 0 fully saturated rings. The van der Waals surface area contributed by atoms with Gasteiger partial charge in [0.2, 0.25) is 5.91 Å². The van der Waals surface area contributed by atoms with Crippen LogP contribution in [-0.2, 0) is 11.3 Å². The molecule has 0 aliphatic rings. The monoisotopic (exact) mass is 270 g/mol. The molecule has 0 radical (unpaired) electrons. The van der Waals surface area contributed by atoms with Crippen LogP contribution in [0.1, 0.15) is 19.4 Å². The van der Waals surface area contributed by atoms with Crippen LogP contribution in [0.3, 0.4) is 0 Å². The minimum atomic E-state index is -0.00933. The number of nitrogens with one attached hydrogen (secondary N) is 2. The van der Waals surface area contributed by atoms with E-state index in [2.05, 4.69) is 34.9 Å². The van der Waals surface area contributed by atoms with E-state index in [1.54, 1.807) is 0 Å². The number of fused-ring (bicyclic) bond motifs is 1. The van der Waals surface area contributed by atoms with Crippen molar-refractivity contribution in [3.8, 4) is 0 Å². The molecule has 2 aromatic carbocycles. The second-order valence-electron chi connectivity index (χ2n) is 5.06. The first-order valence-corrected chi connectivity index (χ1v) is 7.17. The Morgan fingerprint density at radius 1 is 1.15 bits per heavy atom. The van der Waals surface area contributed by atoms with Gasteiger partial charge in [-0.3, -0.25) is 4.79 Å². The van der Waals surface area contributed by atoms with Crippen LogP contribution in [0.25, 0.3) is 10.8 Å². The lowest BCUT2D eigenvalue weighted by Crippen LogP contribution is -2.34. The maximum atomic E-state index is 12.0. The molecule has 0 aliphatic carbocycles. The van der Waals surface area contributed by atoms with Crippen molar-refractivity contribution < 1.29 is 4.79 Å². The normalized spacial score (nSPS) is 12.3. The summed E-state index contributed by atoms with van der Waals surface area (Å²) in [5.74, 6) is 0.0869. The Labute approximate surface area is 120 Å². The highest BCUT2D eigenvalue weighted by Crippen LogP contribution is 2.18. The standard InChI is InChI=1S/C17H22N2O/c1-3-18-11-13(2)17(20)19-12-15-9-6-8-14-7-4-5-10-16(14)15/h4-10,13,18H,3,11-12H2,1-2H3,(H,19,20). The van der Waals surface area contributed by atoms with Crippen molar-refractivity contribution in [3.05, 3.63) is 48.0 Å². The molecule has 3 nitrogen and oxygen atoms in total. The van der Waals surface area contributed by atoms with E-state index < -0.39 is 0 Å². The molecule has 106 valence electrons. The van der Waals surface area contributed by atoms with E-state index in [9.17, 15) is 4.79 Å². The third-order valence-corrected chi connectivity index (χ3v) is 3.48. The molecule has 0 saturated carbocycles. The predicted octanol–water partition coefficient (Wildman–Crippen LogP) is 2.70. The second kappa shape index (κ2) is 7.06. The van der Waals surface area contributed by atoms with E-state index >= 15 is 0 Å². The Balaban J connectivity index is 2.01. The molecule has 1 atom stereocenters. The Morgan fingerprint density at radius 3 is 2.70 bits per heavy atom. The maximum absolute atomic E-state index is 12.0. The first kappa shape index (κ1) is 14.5. The smallest absolute Gasteiger partial charge is 0.224 e. The van der Waals surface area contributed by atoms with Crippen LogP contribution >= 0.6 is 0 Å². The fourth-order valence-electron chi connectivity index (χ4n) is 2.26. The van der Waals surface area contributed by atoms with Crippen LogP contribution in [-0.4, -0.2) is 19.0 Å². The lowest BCUT2D eigenvalue weighted by molar-refractivity contribution is -0.124.